The molecule has 0 amide bonds. The summed E-state index contributed by atoms with van der Waals surface area (Å²) < 4.78 is 11.5. The third-order valence-corrected chi connectivity index (χ3v) is 33.6. The van der Waals surface area contributed by atoms with Gasteiger partial charge in [-0.1, -0.05) is 473 Å². The first kappa shape index (κ1) is 87.5. The minimum Gasteiger partial charge on any atom is -0.456 e. The molecule has 0 spiro atoms. The van der Waals surface area contributed by atoms with Gasteiger partial charge in [-0.05, 0) is 286 Å². The Hall–Kier alpha value is -18.3. The van der Waals surface area contributed by atoms with Crippen molar-refractivity contribution in [3.8, 4) is 110 Å². The number of fused-ring (bicyclic) bond motifs is 20. The summed E-state index contributed by atoms with van der Waals surface area (Å²) in [5.74, 6) is 0. The van der Waals surface area contributed by atoms with Crippen LogP contribution in [-0.4, -0.2) is 0 Å². The van der Waals surface area contributed by atoms with Crippen molar-refractivity contribution < 1.29 is 4.42 Å². The van der Waals surface area contributed by atoms with Crippen molar-refractivity contribution in [2.45, 2.75) is 0 Å². The summed E-state index contributed by atoms with van der Waals surface area (Å²) in [6.45, 7) is 0. The normalized spacial score (nSPS) is 11.6. The fraction of sp³-hybridized carbons (Fsp3) is 0. The van der Waals surface area contributed by atoms with Gasteiger partial charge in [-0.25, -0.2) is 0 Å². The first-order chi connectivity index (χ1) is 73.4. The Morgan fingerprint density at radius 2 is 0.412 bits per heavy atom. The van der Waals surface area contributed by atoms with Crippen LogP contribution in [0.2, 0.25) is 0 Å². The van der Waals surface area contributed by atoms with Crippen LogP contribution < -0.4 is 0 Å². The third kappa shape index (κ3) is 15.3. The van der Waals surface area contributed by atoms with Gasteiger partial charge in [-0.2, -0.15) is 0 Å². The highest BCUT2D eigenvalue weighted by Gasteiger charge is 2.26. The molecule has 0 aliphatic rings. The predicted octanol–water partition coefficient (Wildman–Crippen LogP) is 42.8. The van der Waals surface area contributed by atoms with Crippen molar-refractivity contribution in [1.82, 2.24) is 0 Å². The molecule has 0 fully saturated rings. The summed E-state index contributed by atoms with van der Waals surface area (Å²) in [5, 5.41) is 35.8. The molecule has 0 aliphatic carbocycles. The van der Waals surface area contributed by atoms with Gasteiger partial charge in [0.15, 0.2) is 0 Å². The average molecular weight is 1930 g/mol. The van der Waals surface area contributed by atoms with Crippen molar-refractivity contribution in [2.75, 3.05) is 0 Å². The molecule has 31 rings (SSSR count). The van der Waals surface area contributed by atoms with Crippen molar-refractivity contribution in [1.29, 1.82) is 0 Å². The highest BCUT2D eigenvalue weighted by molar-refractivity contribution is 7.26. The lowest BCUT2D eigenvalue weighted by molar-refractivity contribution is 0.669. The molecule has 0 N–H and O–H groups in total. The minimum absolute atomic E-state index is 0.923. The van der Waals surface area contributed by atoms with E-state index in [0.29, 0.717) is 0 Å². The van der Waals surface area contributed by atoms with E-state index in [2.05, 4.69) is 534 Å². The molecule has 0 aliphatic heterocycles. The molecule has 0 saturated carbocycles. The SMILES string of the molecule is c1ccc(-c2c3ccccc3c(-c3cccc4c3sc3ccccc34)c3ccccc23)cc1.c1ccc(-c2ccc(-c3cccc(-c4c5ccccc5c(-c5cccc6ccccc56)c5ccccc45)c3)s2)cc1.c1ccc2c(c1)oc1ccc(-c3c4ccccc4c(-c4ccc5sc6ccccc6c5c4)c4ccccc34)cc12.c1ccc2cc(-c3c4ccccc4c(-c4ccc5ccccc5c4)c4ccccc34)ccc2c1. The van der Waals surface area contributed by atoms with E-state index in [0.717, 1.165) is 21.9 Å². The fourth-order valence-electron chi connectivity index (χ4n) is 23.5. The minimum atomic E-state index is 0.923. The maximum Gasteiger partial charge on any atom is 0.135 e. The Morgan fingerprint density at radius 1 is 0.122 bits per heavy atom. The Labute approximate surface area is 867 Å². The molecule has 148 heavy (non-hydrogen) atoms. The monoisotopic (exact) mass is 1930 g/mol. The third-order valence-electron chi connectivity index (χ3n) is 30.0. The van der Waals surface area contributed by atoms with Gasteiger partial charge >= 0.3 is 0 Å². The van der Waals surface area contributed by atoms with Crippen LogP contribution in [0.15, 0.2) is 550 Å². The lowest BCUT2D eigenvalue weighted by Crippen LogP contribution is -1.91. The molecule has 4 aromatic heterocycles. The number of para-hydroxylation sites is 1. The molecule has 0 atom stereocenters. The van der Waals surface area contributed by atoms with E-state index in [1.54, 1.807) is 0 Å². The molecule has 27 aromatic carbocycles. The summed E-state index contributed by atoms with van der Waals surface area (Å²) >= 11 is 5.62. The largest absolute Gasteiger partial charge is 0.456 e. The lowest BCUT2D eigenvalue weighted by Gasteiger charge is -2.19. The van der Waals surface area contributed by atoms with E-state index in [4.69, 9.17) is 4.42 Å². The highest BCUT2D eigenvalue weighted by atomic mass is 32.1. The quantitative estimate of drug-likeness (QED) is 0.124. The number of hydrogen-bond donors (Lipinski definition) is 0. The van der Waals surface area contributed by atoms with Crippen LogP contribution >= 0.6 is 34.0 Å². The van der Waals surface area contributed by atoms with Crippen LogP contribution in [0.4, 0.5) is 0 Å². The predicted molar refractivity (Wildman–Crippen MR) is 644 cm³/mol. The van der Waals surface area contributed by atoms with Crippen LogP contribution in [0.1, 0.15) is 0 Å². The summed E-state index contributed by atoms with van der Waals surface area (Å²) in [4.78, 5) is 2.58. The van der Waals surface area contributed by atoms with Gasteiger partial charge in [0.05, 0.1) is 0 Å². The Morgan fingerprint density at radius 3 is 0.905 bits per heavy atom. The second-order valence-electron chi connectivity index (χ2n) is 38.4. The molecule has 0 saturated heterocycles. The molecule has 31 aromatic rings. The maximum atomic E-state index is 6.16. The smallest absolute Gasteiger partial charge is 0.135 e. The van der Waals surface area contributed by atoms with Crippen LogP contribution in [0.3, 0.4) is 0 Å². The number of benzene rings is 27. The molecule has 0 radical (unpaired) electrons. The van der Waals surface area contributed by atoms with E-state index in [1.807, 2.05) is 46.1 Å². The number of thiophene rings is 3. The van der Waals surface area contributed by atoms with Crippen LogP contribution in [0, 0.1) is 0 Å². The van der Waals surface area contributed by atoms with Gasteiger partial charge in [-0.15, -0.1) is 34.0 Å². The van der Waals surface area contributed by atoms with Gasteiger partial charge < -0.3 is 4.42 Å². The molecule has 4 heteroatoms. The van der Waals surface area contributed by atoms with Crippen molar-refractivity contribution >= 4 is 215 Å². The average Bonchev–Trinajstić information content (AvgIpc) is 1.20. The van der Waals surface area contributed by atoms with Gasteiger partial charge in [0.1, 0.15) is 11.2 Å². The molecule has 4 heterocycles. The Bertz CT molecular complexity index is 10200. The highest BCUT2D eigenvalue weighted by Crippen LogP contribution is 2.54. The van der Waals surface area contributed by atoms with Crippen molar-refractivity contribution in [2.24, 2.45) is 0 Å². The van der Waals surface area contributed by atoms with Gasteiger partial charge in [0.2, 0.25) is 0 Å². The molecular formula is C144H90OS3. The Kier molecular flexibility index (Phi) is 22.0. The van der Waals surface area contributed by atoms with Crippen LogP contribution in [-0.2, 0) is 0 Å². The molecular weight excluding hydrogens is 1840 g/mol. The van der Waals surface area contributed by atoms with Crippen molar-refractivity contribution in [3.63, 3.8) is 0 Å². The van der Waals surface area contributed by atoms with Crippen LogP contribution in [0.5, 0.6) is 0 Å². The molecule has 0 bridgehead atoms. The second kappa shape index (κ2) is 37.2. The first-order valence-corrected chi connectivity index (χ1v) is 53.2. The maximum absolute atomic E-state index is 6.16. The zero-order valence-corrected chi connectivity index (χ0v) is 83.0. The zero-order valence-electron chi connectivity index (χ0n) is 80.6. The number of rotatable bonds is 10. The van der Waals surface area contributed by atoms with E-state index in [-0.39, 0.29) is 0 Å². The summed E-state index contributed by atoms with van der Waals surface area (Å²) in [7, 11) is 0. The topological polar surface area (TPSA) is 13.1 Å². The second-order valence-corrected chi connectivity index (χ2v) is 41.6. The van der Waals surface area contributed by atoms with E-state index in [9.17, 15) is 0 Å². The van der Waals surface area contributed by atoms with Crippen molar-refractivity contribution in [3.05, 3.63) is 546 Å². The summed E-state index contributed by atoms with van der Waals surface area (Å²) in [6.07, 6.45) is 0. The van der Waals surface area contributed by atoms with E-state index < -0.39 is 0 Å². The molecule has 690 valence electrons. The Balaban J connectivity index is 0.0000000955. The summed E-state index contributed by atoms with van der Waals surface area (Å²) in [6, 6.07) is 199. The standard InChI is InChI=1S/C40H26S.C38H22OS.C34H22.C32H20S/c1-2-13-28(14-3-1)37-24-25-38(41-37)29-16-10-17-30(26-29)39-33-19-6-8-21-35(33)40(36-22-9-7-20-34(36)39)32-23-11-15-27-12-4-5-18-31(27)32;1-3-13-29-27(11-1)37(23-17-19-34-31(21-23)25-9-5-7-15-33(25)39-34)28-12-2-4-14-30(28)38(29)24-18-20-36-32(22-24)26-10-6-8-16-35(26)40-36;1-3-11-25-21-27(19-17-23(25)9-1)33-29-13-5-7-15-31(29)34(32-16-8-6-14-30(32)33)28-20-18-24-10-2-4-12-26(24)22-28;1-2-11-21(12-3-1)30-23-14-4-6-16-25(23)31(26-17-7-5-15-24(26)30)28-19-10-18-27-22-13-8-9-20-29(22)33-32(27)28/h1-26H;1-22H;1-22H;1-20H. The number of furan rings is 1. The fourth-order valence-corrected chi connectivity index (χ4v) is 26.8. The van der Waals surface area contributed by atoms with E-state index in [1.165, 1.54) is 269 Å². The lowest BCUT2D eigenvalue weighted by atomic mass is 9.84. The number of hydrogen-bond acceptors (Lipinski definition) is 4. The van der Waals surface area contributed by atoms with Gasteiger partial charge in [-0.3, -0.25) is 0 Å². The first-order valence-electron chi connectivity index (χ1n) is 50.7. The molecule has 0 unspecified atom stereocenters. The zero-order chi connectivity index (χ0) is 97.6. The summed E-state index contributed by atoms with van der Waals surface area (Å²) in [5.41, 5.74) is 24.9. The van der Waals surface area contributed by atoms with Gasteiger partial charge in [0.25, 0.3) is 0 Å². The van der Waals surface area contributed by atoms with Crippen LogP contribution in [0.25, 0.3) is 291 Å². The van der Waals surface area contributed by atoms with Gasteiger partial charge in [0, 0.05) is 66.4 Å². The van der Waals surface area contributed by atoms with E-state index >= 15 is 0 Å². The molecule has 1 nitrogen and oxygen atoms in total.